The van der Waals surface area contributed by atoms with Gasteiger partial charge in [0.2, 0.25) is 4.96 Å². The van der Waals surface area contributed by atoms with Crippen LogP contribution in [0.3, 0.4) is 0 Å². The second kappa shape index (κ2) is 5.56. The lowest BCUT2D eigenvalue weighted by molar-refractivity contribution is 0.171. The van der Waals surface area contributed by atoms with Crippen molar-refractivity contribution in [2.24, 2.45) is 0 Å². The molecule has 5 rings (SSSR count). The van der Waals surface area contributed by atoms with Crippen LogP contribution in [0.5, 0.6) is 11.5 Å². The van der Waals surface area contributed by atoms with Gasteiger partial charge in [0.15, 0.2) is 17.3 Å². The highest BCUT2D eigenvalue weighted by Crippen LogP contribution is 2.36. The fourth-order valence-electron chi connectivity index (χ4n) is 2.79. The van der Waals surface area contributed by atoms with Crippen molar-refractivity contribution in [3.63, 3.8) is 0 Å². The van der Waals surface area contributed by atoms with Crippen molar-refractivity contribution in [2.45, 2.75) is 6.92 Å². The predicted octanol–water partition coefficient (Wildman–Crippen LogP) is 3.60. The second-order valence-electron chi connectivity index (χ2n) is 5.85. The smallest absolute Gasteiger partial charge is 0.235 e. The topological polar surface area (TPSA) is 61.5 Å². The van der Waals surface area contributed by atoms with Crippen LogP contribution >= 0.6 is 11.3 Å². The second-order valence-corrected chi connectivity index (χ2v) is 6.81. The first-order valence-electron chi connectivity index (χ1n) is 7.97. The summed E-state index contributed by atoms with van der Waals surface area (Å²) in [5.41, 5.74) is 3.19. The molecule has 0 bridgehead atoms. The van der Waals surface area contributed by atoms with Crippen LogP contribution in [-0.4, -0.2) is 33.0 Å². The Hall–Kier alpha value is -2.93. The number of rotatable bonds is 2. The normalized spacial score (nSPS) is 13.3. The zero-order valence-electron chi connectivity index (χ0n) is 13.5. The SMILES string of the molecule is Cc1ccc(-c2nnc3sc(-c4ccc5c(c4)OCCO5)nn23)cc1. The summed E-state index contributed by atoms with van der Waals surface area (Å²) in [6.07, 6.45) is 0. The van der Waals surface area contributed by atoms with Crippen molar-refractivity contribution >= 4 is 16.3 Å². The van der Waals surface area contributed by atoms with Crippen LogP contribution in [0.1, 0.15) is 5.56 Å². The Morgan fingerprint density at radius 1 is 0.920 bits per heavy atom. The molecule has 25 heavy (non-hydrogen) atoms. The van der Waals surface area contributed by atoms with E-state index >= 15 is 0 Å². The van der Waals surface area contributed by atoms with Crippen LogP contribution in [-0.2, 0) is 0 Å². The molecule has 0 unspecified atom stereocenters. The summed E-state index contributed by atoms with van der Waals surface area (Å²) in [6.45, 7) is 3.22. The minimum absolute atomic E-state index is 0.569. The molecule has 1 aliphatic heterocycles. The minimum atomic E-state index is 0.569. The lowest BCUT2D eigenvalue weighted by Crippen LogP contribution is -2.15. The van der Waals surface area contributed by atoms with Gasteiger partial charge >= 0.3 is 0 Å². The van der Waals surface area contributed by atoms with Crippen LogP contribution in [0.15, 0.2) is 42.5 Å². The molecule has 3 heterocycles. The molecule has 2 aromatic carbocycles. The van der Waals surface area contributed by atoms with E-state index in [4.69, 9.17) is 14.6 Å². The number of ether oxygens (including phenoxy) is 2. The summed E-state index contributed by atoms with van der Waals surface area (Å²) >= 11 is 1.50. The molecule has 0 aliphatic carbocycles. The Bertz CT molecular complexity index is 1070. The summed E-state index contributed by atoms with van der Waals surface area (Å²) in [7, 11) is 0. The van der Waals surface area contributed by atoms with E-state index < -0.39 is 0 Å². The van der Waals surface area contributed by atoms with Crippen molar-refractivity contribution in [1.29, 1.82) is 0 Å². The molecule has 0 saturated carbocycles. The standard InChI is InChI=1S/C18H14N4O2S/c1-11-2-4-12(5-3-11)16-19-20-18-22(16)21-17(25-18)13-6-7-14-15(10-13)24-9-8-23-14/h2-7,10H,8-9H2,1H3. The number of benzene rings is 2. The van der Waals surface area contributed by atoms with Crippen molar-refractivity contribution < 1.29 is 9.47 Å². The number of aryl methyl sites for hydroxylation is 1. The Morgan fingerprint density at radius 2 is 1.68 bits per heavy atom. The van der Waals surface area contributed by atoms with Crippen LogP contribution in [0, 0.1) is 6.92 Å². The van der Waals surface area contributed by atoms with Gasteiger partial charge in [0, 0.05) is 11.1 Å². The molecule has 7 heteroatoms. The maximum Gasteiger partial charge on any atom is 0.235 e. The van der Waals surface area contributed by atoms with E-state index in [1.54, 1.807) is 4.52 Å². The molecule has 6 nitrogen and oxygen atoms in total. The van der Waals surface area contributed by atoms with Gasteiger partial charge in [-0.2, -0.15) is 9.61 Å². The quantitative estimate of drug-likeness (QED) is 0.553. The van der Waals surface area contributed by atoms with Gasteiger partial charge in [-0.3, -0.25) is 0 Å². The van der Waals surface area contributed by atoms with Gasteiger partial charge in [-0.05, 0) is 25.1 Å². The molecule has 0 fully saturated rings. The minimum Gasteiger partial charge on any atom is -0.486 e. The fourth-order valence-corrected chi connectivity index (χ4v) is 3.63. The highest BCUT2D eigenvalue weighted by Gasteiger charge is 2.17. The monoisotopic (exact) mass is 350 g/mol. The van der Waals surface area contributed by atoms with Crippen LogP contribution in [0.4, 0.5) is 0 Å². The Morgan fingerprint density at radius 3 is 2.52 bits per heavy atom. The van der Waals surface area contributed by atoms with Gasteiger partial charge in [-0.25, -0.2) is 0 Å². The zero-order valence-corrected chi connectivity index (χ0v) is 14.3. The van der Waals surface area contributed by atoms with Gasteiger partial charge in [-0.15, -0.1) is 10.2 Å². The summed E-state index contributed by atoms with van der Waals surface area (Å²) in [4.78, 5) is 0.764. The molecule has 1 aliphatic rings. The van der Waals surface area contributed by atoms with Gasteiger partial charge < -0.3 is 9.47 Å². The summed E-state index contributed by atoms with van der Waals surface area (Å²) in [6, 6.07) is 14.1. The van der Waals surface area contributed by atoms with Crippen molar-refractivity contribution in [3.8, 4) is 33.5 Å². The number of nitrogens with zero attached hydrogens (tertiary/aromatic N) is 4. The average Bonchev–Trinajstić information content (AvgIpc) is 3.23. The van der Waals surface area contributed by atoms with Crippen LogP contribution < -0.4 is 9.47 Å². The lowest BCUT2D eigenvalue weighted by Gasteiger charge is -2.18. The van der Waals surface area contributed by atoms with E-state index in [0.29, 0.717) is 13.2 Å². The first-order chi connectivity index (χ1) is 12.3. The van der Waals surface area contributed by atoms with E-state index in [1.165, 1.54) is 16.9 Å². The van der Waals surface area contributed by atoms with E-state index in [-0.39, 0.29) is 0 Å². The van der Waals surface area contributed by atoms with Gasteiger partial charge in [0.05, 0.1) is 0 Å². The average molecular weight is 350 g/mol. The van der Waals surface area contributed by atoms with E-state index in [9.17, 15) is 0 Å². The number of aromatic nitrogens is 4. The number of hydrogen-bond donors (Lipinski definition) is 0. The summed E-state index contributed by atoms with van der Waals surface area (Å²) < 4.78 is 13.0. The van der Waals surface area contributed by atoms with Crippen molar-refractivity contribution in [1.82, 2.24) is 19.8 Å². The predicted molar refractivity (Wildman–Crippen MR) is 95.3 cm³/mol. The van der Waals surface area contributed by atoms with Gasteiger partial charge in [-0.1, -0.05) is 41.2 Å². The first kappa shape index (κ1) is 14.4. The summed E-state index contributed by atoms with van der Waals surface area (Å²) in [5.74, 6) is 2.28. The first-order valence-corrected chi connectivity index (χ1v) is 8.79. The third kappa shape index (κ3) is 2.44. The number of fused-ring (bicyclic) bond motifs is 2. The van der Waals surface area contributed by atoms with Crippen molar-refractivity contribution in [2.75, 3.05) is 13.2 Å². The van der Waals surface area contributed by atoms with Crippen molar-refractivity contribution in [3.05, 3.63) is 48.0 Å². The molecule has 0 spiro atoms. The van der Waals surface area contributed by atoms with E-state index in [2.05, 4.69) is 29.3 Å². The fraction of sp³-hybridized carbons (Fsp3) is 0.167. The molecule has 0 radical (unpaired) electrons. The molecular weight excluding hydrogens is 336 g/mol. The summed E-state index contributed by atoms with van der Waals surface area (Å²) in [5, 5.41) is 14.1. The highest BCUT2D eigenvalue weighted by atomic mass is 32.1. The van der Waals surface area contributed by atoms with Crippen LogP contribution in [0.25, 0.3) is 26.9 Å². The van der Waals surface area contributed by atoms with E-state index in [0.717, 1.165) is 38.4 Å². The molecule has 2 aromatic heterocycles. The molecule has 0 amide bonds. The largest absolute Gasteiger partial charge is 0.486 e. The van der Waals surface area contributed by atoms with Crippen LogP contribution in [0.2, 0.25) is 0 Å². The third-order valence-electron chi connectivity index (χ3n) is 4.09. The molecule has 0 saturated heterocycles. The zero-order chi connectivity index (χ0) is 16.8. The van der Waals surface area contributed by atoms with Gasteiger partial charge in [0.25, 0.3) is 0 Å². The molecule has 0 N–H and O–H groups in total. The lowest BCUT2D eigenvalue weighted by atomic mass is 10.1. The van der Waals surface area contributed by atoms with Gasteiger partial charge in [0.1, 0.15) is 18.2 Å². The third-order valence-corrected chi connectivity index (χ3v) is 5.04. The Labute approximate surface area is 147 Å². The Kier molecular flexibility index (Phi) is 3.21. The molecule has 4 aromatic rings. The highest BCUT2D eigenvalue weighted by molar-refractivity contribution is 7.19. The Balaban J connectivity index is 1.58. The molecule has 0 atom stereocenters. The molecule has 124 valence electrons. The maximum atomic E-state index is 5.66. The van der Waals surface area contributed by atoms with E-state index in [1.807, 2.05) is 30.3 Å². The molecular formula is C18H14N4O2S. The maximum absolute atomic E-state index is 5.66. The number of hydrogen-bond acceptors (Lipinski definition) is 6.